The smallest absolute Gasteiger partial charge is 0.185 e. The quantitative estimate of drug-likeness (QED) is 0.306. The molecule has 0 unspecified atom stereocenters. The fourth-order valence-electron chi connectivity index (χ4n) is 0.828. The summed E-state index contributed by atoms with van der Waals surface area (Å²) in [5.41, 5.74) is 8.66. The van der Waals surface area contributed by atoms with Gasteiger partial charge in [-0.15, -0.1) is 0 Å². The Balaban J connectivity index is 2.67. The van der Waals surface area contributed by atoms with Gasteiger partial charge in [-0.2, -0.15) is 0 Å². The molecular weight excluding hydrogens is 170 g/mol. The van der Waals surface area contributed by atoms with Gasteiger partial charge in [-0.3, -0.25) is 4.79 Å². The van der Waals surface area contributed by atoms with E-state index >= 15 is 0 Å². The minimum absolute atomic E-state index is 0.264. The lowest BCUT2D eigenvalue weighted by atomic mass is 10.2. The van der Waals surface area contributed by atoms with Crippen LogP contribution in [0.15, 0.2) is 27.9 Å². The van der Waals surface area contributed by atoms with Crippen LogP contribution in [0.1, 0.15) is 16.1 Å². The van der Waals surface area contributed by atoms with Gasteiger partial charge in [0.1, 0.15) is 0 Å². The van der Waals surface area contributed by atoms with Crippen molar-refractivity contribution in [2.75, 3.05) is 6.54 Å². The van der Waals surface area contributed by atoms with Crippen LogP contribution in [0.5, 0.6) is 0 Å². The van der Waals surface area contributed by atoms with Crippen molar-refractivity contribution in [2.45, 2.75) is 0 Å². The van der Waals surface area contributed by atoms with Crippen molar-refractivity contribution >= 4 is 12.4 Å². The first-order valence-electron chi connectivity index (χ1n) is 3.58. The van der Waals surface area contributed by atoms with Crippen molar-refractivity contribution in [3.8, 4) is 0 Å². The minimum Gasteiger partial charge on any atom is -0.461 e. The van der Waals surface area contributed by atoms with Crippen LogP contribution in [0.25, 0.3) is 16.5 Å². The lowest BCUT2D eigenvalue weighted by Gasteiger charge is -1.84. The highest BCUT2D eigenvalue weighted by molar-refractivity contribution is 5.77. The van der Waals surface area contributed by atoms with Gasteiger partial charge in [0, 0.05) is 17.0 Å². The second-order valence-electron chi connectivity index (χ2n) is 2.17. The maximum atomic E-state index is 10.4. The molecule has 0 aliphatic heterocycles. The third kappa shape index (κ3) is 2.50. The highest BCUT2D eigenvalue weighted by Gasteiger charge is 1.99. The van der Waals surface area contributed by atoms with Crippen LogP contribution in [-0.4, -0.2) is 12.8 Å². The molecule has 0 aliphatic rings. The van der Waals surface area contributed by atoms with E-state index in [1.54, 1.807) is 18.2 Å². The van der Waals surface area contributed by atoms with Crippen LogP contribution in [0, 0.1) is 0 Å². The van der Waals surface area contributed by atoms with Crippen LogP contribution in [0.3, 0.4) is 0 Å². The predicted molar refractivity (Wildman–Crippen MR) is 47.1 cm³/mol. The molecule has 66 valence electrons. The highest BCUT2D eigenvalue weighted by Crippen LogP contribution is 2.09. The number of hydrogen-bond donors (Lipinski definition) is 0. The van der Waals surface area contributed by atoms with Crippen molar-refractivity contribution in [1.82, 2.24) is 0 Å². The van der Waals surface area contributed by atoms with Crippen molar-refractivity contribution in [3.05, 3.63) is 40.2 Å². The monoisotopic (exact) mass is 177 g/mol. The topological polar surface area (TPSA) is 79.0 Å². The van der Waals surface area contributed by atoms with Gasteiger partial charge in [0.25, 0.3) is 0 Å². The van der Waals surface area contributed by atoms with E-state index in [1.165, 1.54) is 6.26 Å². The zero-order valence-electron chi connectivity index (χ0n) is 6.75. The molecule has 5 nitrogen and oxygen atoms in total. The molecule has 0 radical (unpaired) electrons. The van der Waals surface area contributed by atoms with E-state index in [2.05, 4.69) is 10.0 Å². The van der Waals surface area contributed by atoms with E-state index in [4.69, 9.17) is 9.95 Å². The molecular formula is C8H7N3O2. The van der Waals surface area contributed by atoms with Crippen LogP contribution < -0.4 is 0 Å². The highest BCUT2D eigenvalue weighted by atomic mass is 16.3. The molecule has 0 bridgehead atoms. The van der Waals surface area contributed by atoms with Gasteiger partial charge in [0.15, 0.2) is 12.0 Å². The fourth-order valence-corrected chi connectivity index (χ4v) is 0.828. The van der Waals surface area contributed by atoms with Crippen molar-refractivity contribution in [1.29, 1.82) is 0 Å². The lowest BCUT2D eigenvalue weighted by Crippen LogP contribution is -1.77. The summed E-state index contributed by atoms with van der Waals surface area (Å²) in [5, 5.41) is 3.30. The summed E-state index contributed by atoms with van der Waals surface area (Å²) in [7, 11) is 0. The van der Waals surface area contributed by atoms with E-state index in [0.717, 1.165) is 0 Å². The van der Waals surface area contributed by atoms with E-state index in [1.807, 2.05) is 0 Å². The average molecular weight is 177 g/mol. The Morgan fingerprint density at radius 2 is 2.54 bits per heavy atom. The second-order valence-corrected chi connectivity index (χ2v) is 2.17. The summed E-state index contributed by atoms with van der Waals surface area (Å²) < 4.78 is 4.85. The molecule has 0 aromatic carbocycles. The Kier molecular flexibility index (Phi) is 3.35. The summed E-state index contributed by atoms with van der Waals surface area (Å²) in [6.45, 7) is 0.264. The first-order chi connectivity index (χ1) is 6.38. The first kappa shape index (κ1) is 9.09. The minimum atomic E-state index is 0.264. The third-order valence-corrected chi connectivity index (χ3v) is 1.38. The number of carbonyl (C=O) groups is 1. The molecule has 1 aromatic rings. The molecule has 5 heteroatoms. The van der Waals surface area contributed by atoms with Crippen LogP contribution in [-0.2, 0) is 0 Å². The van der Waals surface area contributed by atoms with Gasteiger partial charge >= 0.3 is 0 Å². The number of furan rings is 1. The molecule has 0 fully saturated rings. The molecule has 13 heavy (non-hydrogen) atoms. The Morgan fingerprint density at radius 1 is 1.69 bits per heavy atom. The van der Waals surface area contributed by atoms with Gasteiger partial charge in [-0.1, -0.05) is 17.3 Å². The van der Waals surface area contributed by atoms with E-state index in [9.17, 15) is 4.79 Å². The zero-order valence-corrected chi connectivity index (χ0v) is 6.75. The lowest BCUT2D eigenvalue weighted by molar-refractivity contribution is 0.110. The normalized spacial score (nSPS) is 9.85. The van der Waals surface area contributed by atoms with Gasteiger partial charge < -0.3 is 4.42 Å². The predicted octanol–water partition coefficient (Wildman–Crippen LogP) is 2.42. The Morgan fingerprint density at radius 3 is 3.23 bits per heavy atom. The number of azide groups is 1. The van der Waals surface area contributed by atoms with Gasteiger partial charge in [0.05, 0.1) is 6.26 Å². The van der Waals surface area contributed by atoms with Gasteiger partial charge in [0.2, 0.25) is 0 Å². The summed E-state index contributed by atoms with van der Waals surface area (Å²) in [4.78, 5) is 12.9. The largest absolute Gasteiger partial charge is 0.461 e. The third-order valence-electron chi connectivity index (χ3n) is 1.38. The SMILES string of the molecule is [N-]=[N+]=NCC=Cc1ccoc1C=O. The average Bonchev–Trinajstić information content (AvgIpc) is 2.60. The van der Waals surface area contributed by atoms with Gasteiger partial charge in [-0.25, -0.2) is 0 Å². The van der Waals surface area contributed by atoms with Crippen LogP contribution >= 0.6 is 0 Å². The Labute approximate surface area is 74.3 Å². The molecule has 0 N–H and O–H groups in total. The summed E-state index contributed by atoms with van der Waals surface area (Å²) in [6.07, 6.45) is 5.38. The van der Waals surface area contributed by atoms with Crippen LogP contribution in [0.2, 0.25) is 0 Å². The van der Waals surface area contributed by atoms with E-state index in [0.29, 0.717) is 11.8 Å². The number of hydrogen-bond acceptors (Lipinski definition) is 3. The molecule has 0 saturated heterocycles. The van der Waals surface area contributed by atoms with E-state index < -0.39 is 0 Å². The molecule has 1 aromatic heterocycles. The maximum Gasteiger partial charge on any atom is 0.185 e. The Bertz CT molecular complexity index is 361. The molecule has 1 heterocycles. The summed E-state index contributed by atoms with van der Waals surface area (Å²) >= 11 is 0. The van der Waals surface area contributed by atoms with Crippen molar-refractivity contribution in [2.24, 2.45) is 5.11 Å². The molecule has 0 spiro atoms. The Hall–Kier alpha value is -2.00. The molecule has 0 amide bonds. The standard InChI is InChI=1S/C8H7N3O2/c9-11-10-4-1-2-7-3-5-13-8(7)6-12/h1-3,5-6H,4H2. The summed E-state index contributed by atoms with van der Waals surface area (Å²) in [5.74, 6) is 0.275. The number of carbonyl (C=O) groups excluding carboxylic acids is 1. The number of rotatable bonds is 4. The van der Waals surface area contributed by atoms with E-state index in [-0.39, 0.29) is 12.3 Å². The number of aldehydes is 1. The zero-order chi connectivity index (χ0) is 9.52. The second kappa shape index (κ2) is 4.79. The molecule has 0 saturated carbocycles. The van der Waals surface area contributed by atoms with Gasteiger partial charge in [-0.05, 0) is 11.6 Å². The number of nitrogens with zero attached hydrogens (tertiary/aromatic N) is 3. The molecule has 1 rings (SSSR count). The fraction of sp³-hybridized carbons (Fsp3) is 0.125. The summed E-state index contributed by atoms with van der Waals surface area (Å²) in [6, 6.07) is 1.66. The van der Waals surface area contributed by atoms with Crippen molar-refractivity contribution < 1.29 is 9.21 Å². The van der Waals surface area contributed by atoms with Crippen molar-refractivity contribution in [3.63, 3.8) is 0 Å². The van der Waals surface area contributed by atoms with Crippen LogP contribution in [0.4, 0.5) is 0 Å². The maximum absolute atomic E-state index is 10.4. The molecule has 0 atom stereocenters. The molecule has 0 aliphatic carbocycles. The first-order valence-corrected chi connectivity index (χ1v) is 3.58.